The van der Waals surface area contributed by atoms with E-state index in [-0.39, 0.29) is 57.9 Å². The normalized spacial score (nSPS) is 7.38. The molecule has 0 radical (unpaired) electrons. The zero-order valence-electron chi connectivity index (χ0n) is 3.49. The van der Waals surface area contributed by atoms with E-state index in [9.17, 15) is 0 Å². The molecule has 0 unspecified atom stereocenters. The number of rotatable bonds is 0. The second-order valence-electron chi connectivity index (χ2n) is 0.447. The molecule has 0 aromatic heterocycles. The maximum absolute atomic E-state index is 8.55. The fourth-order valence-electron chi connectivity index (χ4n) is 0. The van der Waals surface area contributed by atoms with Gasteiger partial charge in [0.2, 0.25) is 0 Å². The monoisotopic (exact) mass is 291 g/mol. The van der Waals surface area contributed by atoms with E-state index in [1.165, 1.54) is 0 Å². The summed E-state index contributed by atoms with van der Waals surface area (Å²) in [6.07, 6.45) is 0. The van der Waals surface area contributed by atoms with Crippen molar-refractivity contribution in [2.24, 2.45) is 0 Å². The molecule has 0 N–H and O–H groups in total. The zero-order valence-corrected chi connectivity index (χ0v) is 9.30. The maximum atomic E-state index is 8.55. The van der Waals surface area contributed by atoms with E-state index >= 15 is 0 Å². The zero-order chi connectivity index (χ0) is 4.50. The number of phosphoric acid groups is 1. The van der Waals surface area contributed by atoms with Crippen LogP contribution in [0.5, 0.6) is 0 Å². The molecule has 0 rings (SSSR count). The van der Waals surface area contributed by atoms with E-state index in [0.717, 1.165) is 0 Å². The van der Waals surface area contributed by atoms with Gasteiger partial charge in [-0.25, -0.2) is 0 Å². The Morgan fingerprint density at radius 3 is 1.00 bits per heavy atom. The molecule has 5 nitrogen and oxygen atoms in total. The van der Waals surface area contributed by atoms with Gasteiger partial charge in [0.05, 0.1) is 0 Å². The standard InChI is InChI=1S/H3O4P.O.2Zr/c1-5(2,3)4;;;/h(H3,1,2,3,4);;;/q;-2;2*+4/p-3. The van der Waals surface area contributed by atoms with E-state index in [1.807, 2.05) is 0 Å². The van der Waals surface area contributed by atoms with Crippen molar-refractivity contribution in [1.82, 2.24) is 0 Å². The molecule has 0 spiro atoms. The van der Waals surface area contributed by atoms with E-state index in [0.29, 0.717) is 0 Å². The maximum Gasteiger partial charge on any atom is 4.00 e. The molecule has 0 fully saturated rings. The van der Waals surface area contributed by atoms with Crippen LogP contribution in [0.4, 0.5) is 0 Å². The van der Waals surface area contributed by atoms with Crippen LogP contribution in [-0.4, -0.2) is 0 Å². The van der Waals surface area contributed by atoms with Crippen LogP contribution in [0.1, 0.15) is 0 Å². The molecule has 8 heteroatoms. The van der Waals surface area contributed by atoms with Crippen molar-refractivity contribution in [3.8, 4) is 0 Å². The van der Waals surface area contributed by atoms with Crippen LogP contribution in [0.25, 0.3) is 0 Å². The van der Waals surface area contributed by atoms with Gasteiger partial charge in [0.25, 0.3) is 0 Å². The molecule has 0 aromatic rings. The van der Waals surface area contributed by atoms with Gasteiger partial charge >= 0.3 is 52.4 Å². The van der Waals surface area contributed by atoms with Crippen molar-refractivity contribution < 1.29 is 77.1 Å². The Balaban J connectivity index is -0.0000000267. The van der Waals surface area contributed by atoms with Gasteiger partial charge in [-0.05, 0) is 0 Å². The van der Waals surface area contributed by atoms with Crippen LogP contribution in [0.3, 0.4) is 0 Å². The summed E-state index contributed by atoms with van der Waals surface area (Å²) in [4.78, 5) is 25.6. The molecular formula is O5PZr2+3. The van der Waals surface area contributed by atoms with Crippen LogP contribution >= 0.6 is 7.82 Å². The second-order valence-corrected chi connectivity index (χ2v) is 1.34. The van der Waals surface area contributed by atoms with Crippen LogP contribution in [0, 0.1) is 0 Å². The van der Waals surface area contributed by atoms with E-state index in [1.54, 1.807) is 0 Å². The summed E-state index contributed by atoms with van der Waals surface area (Å²) in [5.41, 5.74) is 0. The number of hydrogen-bond acceptors (Lipinski definition) is 4. The average Bonchev–Trinajstić information content (AvgIpc) is 0.722. The van der Waals surface area contributed by atoms with Gasteiger partial charge in [-0.2, -0.15) is 7.82 Å². The summed E-state index contributed by atoms with van der Waals surface area (Å²) in [6, 6.07) is 0. The van der Waals surface area contributed by atoms with E-state index in [4.69, 9.17) is 19.2 Å². The Morgan fingerprint density at radius 1 is 1.00 bits per heavy atom. The van der Waals surface area contributed by atoms with Crippen LogP contribution in [0.15, 0.2) is 0 Å². The summed E-state index contributed by atoms with van der Waals surface area (Å²) in [5.74, 6) is 0. The van der Waals surface area contributed by atoms with Crippen molar-refractivity contribution in [1.29, 1.82) is 0 Å². The molecule has 0 aliphatic heterocycles. The number of hydrogen-bond donors (Lipinski definition) is 0. The van der Waals surface area contributed by atoms with Crippen molar-refractivity contribution >= 4 is 7.82 Å². The van der Waals surface area contributed by atoms with Crippen LogP contribution < -0.4 is 14.7 Å². The molecular weight excluding hydrogens is 293 g/mol. The first-order valence-corrected chi connectivity index (χ1v) is 2.19. The van der Waals surface area contributed by atoms with Crippen molar-refractivity contribution in [3.05, 3.63) is 0 Å². The summed E-state index contributed by atoms with van der Waals surface area (Å²) >= 11 is 0. The van der Waals surface area contributed by atoms with Gasteiger partial charge < -0.3 is 24.7 Å². The molecule has 0 aromatic carbocycles. The molecule has 0 saturated carbocycles. The molecule has 8 heavy (non-hydrogen) atoms. The molecule has 0 aliphatic rings. The third kappa shape index (κ3) is 109. The Labute approximate surface area is 84.3 Å². The van der Waals surface area contributed by atoms with Crippen molar-refractivity contribution in [2.75, 3.05) is 0 Å². The molecule has 0 bridgehead atoms. The van der Waals surface area contributed by atoms with Gasteiger partial charge in [0, 0.05) is 0 Å². The minimum Gasteiger partial charge on any atom is -2.00 e. The Morgan fingerprint density at radius 2 is 1.00 bits per heavy atom. The average molecular weight is 293 g/mol. The SMILES string of the molecule is O=P([O-])([O-])[O-].[O-2].[Zr+4].[Zr+4]. The minimum absolute atomic E-state index is 0. The van der Waals surface area contributed by atoms with Gasteiger partial charge in [0.15, 0.2) is 0 Å². The minimum atomic E-state index is -5.39. The third-order valence-electron chi connectivity index (χ3n) is 0. The Bertz CT molecular complexity index is 56.6. The molecule has 40 valence electrons. The van der Waals surface area contributed by atoms with Crippen molar-refractivity contribution in [3.63, 3.8) is 0 Å². The molecule has 0 amide bonds. The summed E-state index contributed by atoms with van der Waals surface area (Å²) in [5, 5.41) is 0. The largest absolute Gasteiger partial charge is 4.00 e. The third-order valence-corrected chi connectivity index (χ3v) is 0. The molecule has 0 saturated heterocycles. The van der Waals surface area contributed by atoms with Crippen molar-refractivity contribution in [2.45, 2.75) is 0 Å². The fraction of sp³-hybridized carbons (Fsp3) is 0. The fourth-order valence-corrected chi connectivity index (χ4v) is 0. The van der Waals surface area contributed by atoms with E-state index < -0.39 is 7.82 Å². The van der Waals surface area contributed by atoms with Gasteiger partial charge in [-0.3, -0.25) is 0 Å². The summed E-state index contributed by atoms with van der Waals surface area (Å²) in [7, 11) is -5.39. The predicted molar refractivity (Wildman–Crippen MR) is 8.29 cm³/mol. The first-order valence-electron chi connectivity index (χ1n) is 0.730. The summed E-state index contributed by atoms with van der Waals surface area (Å²) < 4.78 is 8.55. The van der Waals surface area contributed by atoms with Gasteiger partial charge in [-0.1, -0.05) is 0 Å². The van der Waals surface area contributed by atoms with E-state index in [2.05, 4.69) is 0 Å². The first kappa shape index (κ1) is 22.5. The quantitative estimate of drug-likeness (QED) is 0.444. The predicted octanol–water partition coefficient (Wildman–Crippen LogP) is -2.95. The van der Waals surface area contributed by atoms with Crippen LogP contribution in [-0.2, 0) is 62.4 Å². The van der Waals surface area contributed by atoms with Gasteiger partial charge in [-0.15, -0.1) is 0 Å². The molecule has 0 atom stereocenters. The summed E-state index contributed by atoms with van der Waals surface area (Å²) in [6.45, 7) is 0. The topological polar surface area (TPSA) is 115 Å². The Kier molecular flexibility index (Phi) is 24.9. The molecule has 0 heterocycles. The second kappa shape index (κ2) is 8.84. The Hall–Kier alpha value is 1.84. The van der Waals surface area contributed by atoms with Crippen LogP contribution in [0.2, 0.25) is 0 Å². The van der Waals surface area contributed by atoms with Gasteiger partial charge in [0.1, 0.15) is 0 Å². The smallest absolute Gasteiger partial charge is 2.00 e. The molecule has 0 aliphatic carbocycles. The first-order chi connectivity index (χ1) is 2.00.